The highest BCUT2D eigenvalue weighted by Gasteiger charge is 2.30. The van der Waals surface area contributed by atoms with Crippen LogP contribution in [-0.2, 0) is 14.3 Å². The standard InChI is InChI=1S/C22H31ClN2O4/c1-13(2)20(25-21(27)16-9-5-6-10-17(16)23)22(28)29-12-19(26)24-18-11-7-8-14(3)15(18)4/h5-6,9-10,13-15,18,20H,7-8,11-12H2,1-4H3,(H,24,26)(H,25,27)/t14-,15-,18-,20+/m1/s1. The molecule has 0 aromatic heterocycles. The average Bonchev–Trinajstić information content (AvgIpc) is 2.67. The molecule has 0 heterocycles. The molecule has 2 N–H and O–H groups in total. The van der Waals surface area contributed by atoms with E-state index in [2.05, 4.69) is 24.5 Å². The second kappa shape index (κ2) is 10.6. The van der Waals surface area contributed by atoms with E-state index >= 15 is 0 Å². The van der Waals surface area contributed by atoms with E-state index in [1.165, 1.54) is 6.42 Å². The molecule has 0 bridgehead atoms. The van der Waals surface area contributed by atoms with Crippen LogP contribution in [0.15, 0.2) is 24.3 Å². The maximum absolute atomic E-state index is 12.5. The lowest BCUT2D eigenvalue weighted by Crippen LogP contribution is -2.48. The Balaban J connectivity index is 1.90. The van der Waals surface area contributed by atoms with Gasteiger partial charge in [0.05, 0.1) is 10.6 Å². The Hall–Kier alpha value is -2.08. The number of carbonyl (C=O) groups is 3. The van der Waals surface area contributed by atoms with Gasteiger partial charge in [-0.1, -0.05) is 64.3 Å². The Morgan fingerprint density at radius 3 is 2.52 bits per heavy atom. The van der Waals surface area contributed by atoms with Gasteiger partial charge < -0.3 is 15.4 Å². The first-order valence-corrected chi connectivity index (χ1v) is 10.6. The molecule has 0 radical (unpaired) electrons. The number of hydrogen-bond donors (Lipinski definition) is 2. The number of hydrogen-bond acceptors (Lipinski definition) is 4. The minimum atomic E-state index is -0.875. The van der Waals surface area contributed by atoms with Crippen molar-refractivity contribution in [1.82, 2.24) is 10.6 Å². The lowest BCUT2D eigenvalue weighted by atomic mass is 9.78. The van der Waals surface area contributed by atoms with Crippen molar-refractivity contribution in [1.29, 1.82) is 0 Å². The van der Waals surface area contributed by atoms with E-state index in [9.17, 15) is 14.4 Å². The third-order valence-electron chi connectivity index (χ3n) is 5.72. The molecule has 1 aromatic rings. The molecule has 0 aliphatic heterocycles. The molecule has 2 amide bonds. The minimum absolute atomic E-state index is 0.103. The van der Waals surface area contributed by atoms with Crippen molar-refractivity contribution < 1.29 is 19.1 Å². The fraction of sp³-hybridized carbons (Fsp3) is 0.591. The van der Waals surface area contributed by atoms with Gasteiger partial charge >= 0.3 is 5.97 Å². The molecule has 2 rings (SSSR count). The number of rotatable bonds is 7. The van der Waals surface area contributed by atoms with E-state index in [4.69, 9.17) is 16.3 Å². The van der Waals surface area contributed by atoms with Gasteiger partial charge in [0.15, 0.2) is 6.61 Å². The second-order valence-corrected chi connectivity index (χ2v) is 8.63. The van der Waals surface area contributed by atoms with Crippen molar-refractivity contribution in [3.05, 3.63) is 34.9 Å². The van der Waals surface area contributed by atoms with E-state index in [1.54, 1.807) is 38.1 Å². The normalized spacial score (nSPS) is 22.6. The molecule has 0 spiro atoms. The van der Waals surface area contributed by atoms with Gasteiger partial charge in [-0.2, -0.15) is 0 Å². The zero-order valence-corrected chi connectivity index (χ0v) is 18.3. The summed E-state index contributed by atoms with van der Waals surface area (Å²) in [7, 11) is 0. The third kappa shape index (κ3) is 6.46. The lowest BCUT2D eigenvalue weighted by molar-refractivity contribution is -0.151. The predicted molar refractivity (Wildman–Crippen MR) is 113 cm³/mol. The number of esters is 1. The maximum Gasteiger partial charge on any atom is 0.329 e. The molecule has 1 aliphatic rings. The van der Waals surface area contributed by atoms with Gasteiger partial charge in [0.2, 0.25) is 0 Å². The monoisotopic (exact) mass is 422 g/mol. The van der Waals surface area contributed by atoms with Gasteiger partial charge in [-0.15, -0.1) is 0 Å². The van der Waals surface area contributed by atoms with Gasteiger partial charge in [-0.3, -0.25) is 9.59 Å². The second-order valence-electron chi connectivity index (χ2n) is 8.22. The quantitative estimate of drug-likeness (QED) is 0.658. The largest absolute Gasteiger partial charge is 0.454 e. The molecule has 1 saturated carbocycles. The molecule has 4 atom stereocenters. The predicted octanol–water partition coefficient (Wildman–Crippen LogP) is 3.58. The highest BCUT2D eigenvalue weighted by molar-refractivity contribution is 6.33. The van der Waals surface area contributed by atoms with Crippen molar-refractivity contribution in [2.45, 2.75) is 59.0 Å². The Bertz CT molecular complexity index is 737. The molecule has 6 nitrogen and oxygen atoms in total. The smallest absolute Gasteiger partial charge is 0.329 e. The number of ether oxygens (including phenoxy) is 1. The van der Waals surface area contributed by atoms with Gasteiger partial charge in [0, 0.05) is 6.04 Å². The van der Waals surface area contributed by atoms with Crippen LogP contribution in [0, 0.1) is 17.8 Å². The van der Waals surface area contributed by atoms with Gasteiger partial charge in [-0.25, -0.2) is 4.79 Å². The molecule has 160 valence electrons. The van der Waals surface area contributed by atoms with Crippen LogP contribution in [0.2, 0.25) is 5.02 Å². The summed E-state index contributed by atoms with van der Waals surface area (Å²) < 4.78 is 5.20. The summed E-state index contributed by atoms with van der Waals surface area (Å²) >= 11 is 6.05. The third-order valence-corrected chi connectivity index (χ3v) is 6.05. The van der Waals surface area contributed by atoms with Crippen LogP contribution in [0.1, 0.15) is 57.3 Å². The zero-order chi connectivity index (χ0) is 21.6. The Kier molecular flexibility index (Phi) is 8.50. The minimum Gasteiger partial charge on any atom is -0.454 e. The van der Waals surface area contributed by atoms with Crippen molar-refractivity contribution >= 4 is 29.4 Å². The summed E-state index contributed by atoms with van der Waals surface area (Å²) in [5.74, 6) is -0.676. The van der Waals surface area contributed by atoms with Crippen LogP contribution in [0.3, 0.4) is 0 Å². The first-order valence-electron chi connectivity index (χ1n) is 10.2. The van der Waals surface area contributed by atoms with Crippen LogP contribution in [0.4, 0.5) is 0 Å². The summed E-state index contributed by atoms with van der Waals surface area (Å²) in [5, 5.41) is 5.94. The molecule has 7 heteroatoms. The molecule has 1 aliphatic carbocycles. The maximum atomic E-state index is 12.5. The number of halogens is 1. The molecular formula is C22H31ClN2O4. The molecule has 1 aromatic carbocycles. The van der Waals surface area contributed by atoms with E-state index in [1.807, 2.05) is 0 Å². The number of carbonyl (C=O) groups excluding carboxylic acids is 3. The van der Waals surface area contributed by atoms with E-state index in [-0.39, 0.29) is 30.0 Å². The summed E-state index contributed by atoms with van der Waals surface area (Å²) in [6.45, 7) is 7.56. The van der Waals surface area contributed by atoms with Crippen molar-refractivity contribution in [3.8, 4) is 0 Å². The molecule has 1 fully saturated rings. The Morgan fingerprint density at radius 1 is 1.17 bits per heavy atom. The van der Waals surface area contributed by atoms with Crippen LogP contribution >= 0.6 is 11.6 Å². The fourth-order valence-corrected chi connectivity index (χ4v) is 3.84. The highest BCUT2D eigenvalue weighted by atomic mass is 35.5. The highest BCUT2D eigenvalue weighted by Crippen LogP contribution is 2.29. The Labute approximate surface area is 177 Å². The van der Waals surface area contributed by atoms with Crippen LogP contribution < -0.4 is 10.6 Å². The van der Waals surface area contributed by atoms with Gasteiger partial charge in [0.1, 0.15) is 6.04 Å². The van der Waals surface area contributed by atoms with Crippen LogP contribution in [-0.4, -0.2) is 36.5 Å². The van der Waals surface area contributed by atoms with E-state index in [0.29, 0.717) is 16.9 Å². The number of amides is 2. The number of benzene rings is 1. The molecular weight excluding hydrogens is 392 g/mol. The average molecular weight is 423 g/mol. The van der Waals surface area contributed by atoms with Crippen molar-refractivity contribution in [3.63, 3.8) is 0 Å². The van der Waals surface area contributed by atoms with E-state index in [0.717, 1.165) is 12.8 Å². The molecule has 29 heavy (non-hydrogen) atoms. The number of nitrogens with one attached hydrogen (secondary N) is 2. The fourth-order valence-electron chi connectivity index (χ4n) is 3.62. The topological polar surface area (TPSA) is 84.5 Å². The summed E-state index contributed by atoms with van der Waals surface area (Å²) in [4.78, 5) is 37.2. The van der Waals surface area contributed by atoms with Gasteiger partial charge in [0.25, 0.3) is 11.8 Å². The van der Waals surface area contributed by atoms with Crippen LogP contribution in [0.25, 0.3) is 0 Å². The van der Waals surface area contributed by atoms with E-state index < -0.39 is 17.9 Å². The SMILES string of the molecule is CC(C)[C@H](NC(=O)c1ccccc1Cl)C(=O)OCC(=O)N[C@@H]1CCC[C@@H](C)[C@H]1C. The molecule has 0 unspecified atom stereocenters. The molecule has 0 saturated heterocycles. The summed E-state index contributed by atoms with van der Waals surface area (Å²) in [6.07, 6.45) is 3.19. The van der Waals surface area contributed by atoms with Gasteiger partial charge in [-0.05, 0) is 36.3 Å². The first-order chi connectivity index (χ1) is 13.7. The Morgan fingerprint density at radius 2 is 1.86 bits per heavy atom. The lowest BCUT2D eigenvalue weighted by Gasteiger charge is -2.34. The zero-order valence-electron chi connectivity index (χ0n) is 17.5. The van der Waals surface area contributed by atoms with Crippen LogP contribution in [0.5, 0.6) is 0 Å². The first kappa shape index (κ1) is 23.2. The van der Waals surface area contributed by atoms with Crippen molar-refractivity contribution in [2.75, 3.05) is 6.61 Å². The van der Waals surface area contributed by atoms with Crippen molar-refractivity contribution in [2.24, 2.45) is 17.8 Å². The summed E-state index contributed by atoms with van der Waals surface area (Å²) in [5.41, 5.74) is 0.283. The summed E-state index contributed by atoms with van der Waals surface area (Å²) in [6, 6.07) is 5.84.